The van der Waals surface area contributed by atoms with Gasteiger partial charge in [-0.15, -0.1) is 0 Å². The van der Waals surface area contributed by atoms with E-state index in [1.807, 2.05) is 0 Å². The smallest absolute Gasteiger partial charge is 0.202 e. The van der Waals surface area contributed by atoms with E-state index in [0.29, 0.717) is 6.04 Å². The minimum Gasteiger partial charge on any atom is -0.385 e. The molecule has 0 saturated heterocycles. The van der Waals surface area contributed by atoms with Crippen LogP contribution in [-0.2, 0) is 11.2 Å². The molecule has 1 aliphatic carbocycles. The van der Waals surface area contributed by atoms with E-state index in [9.17, 15) is 0 Å². The number of hydrogen-bond donors (Lipinski definition) is 1. The Kier molecular flexibility index (Phi) is 3.31. The Morgan fingerprint density at radius 3 is 3.14 bits per heavy atom. The van der Waals surface area contributed by atoms with Gasteiger partial charge in [-0.25, -0.2) is 4.98 Å². The molecule has 0 aromatic carbocycles. The fourth-order valence-electron chi connectivity index (χ4n) is 1.19. The zero-order valence-corrected chi connectivity index (χ0v) is 9.14. The van der Waals surface area contributed by atoms with Gasteiger partial charge in [0.2, 0.25) is 5.13 Å². The van der Waals surface area contributed by atoms with Crippen molar-refractivity contribution in [3.8, 4) is 0 Å². The lowest BCUT2D eigenvalue weighted by Gasteiger charge is -1.96. The zero-order chi connectivity index (χ0) is 9.80. The van der Waals surface area contributed by atoms with E-state index < -0.39 is 0 Å². The molecule has 1 heterocycles. The third kappa shape index (κ3) is 2.92. The van der Waals surface area contributed by atoms with Gasteiger partial charge in [-0.2, -0.15) is 4.37 Å². The number of nitrogens with one attached hydrogen (secondary N) is 1. The number of ether oxygens (including phenoxy) is 1. The van der Waals surface area contributed by atoms with Gasteiger partial charge in [0.05, 0.1) is 0 Å². The summed E-state index contributed by atoms with van der Waals surface area (Å²) in [6.07, 6.45) is 4.46. The van der Waals surface area contributed by atoms with Crippen LogP contribution >= 0.6 is 11.5 Å². The van der Waals surface area contributed by atoms with Crippen LogP contribution in [0.3, 0.4) is 0 Å². The van der Waals surface area contributed by atoms with E-state index in [1.165, 1.54) is 24.4 Å². The molecular weight excluding hydrogens is 198 g/mol. The summed E-state index contributed by atoms with van der Waals surface area (Å²) in [6, 6.07) is 0.662. The van der Waals surface area contributed by atoms with Crippen LogP contribution in [0.5, 0.6) is 0 Å². The highest BCUT2D eigenvalue weighted by atomic mass is 32.1. The molecule has 4 nitrogen and oxygen atoms in total. The molecule has 1 fully saturated rings. The number of nitrogens with zero attached hydrogens (tertiary/aromatic N) is 2. The van der Waals surface area contributed by atoms with Gasteiger partial charge in [-0.3, -0.25) is 0 Å². The van der Waals surface area contributed by atoms with Crippen molar-refractivity contribution in [2.45, 2.75) is 31.7 Å². The molecule has 2 rings (SSSR count). The summed E-state index contributed by atoms with van der Waals surface area (Å²) in [5, 5.41) is 4.31. The minimum absolute atomic E-state index is 0.662. The molecule has 1 aromatic heterocycles. The Morgan fingerprint density at radius 2 is 2.43 bits per heavy atom. The van der Waals surface area contributed by atoms with Crippen LogP contribution in [0.1, 0.15) is 25.1 Å². The first-order chi connectivity index (χ1) is 6.88. The molecule has 1 aromatic rings. The minimum atomic E-state index is 0.662. The quantitative estimate of drug-likeness (QED) is 0.730. The number of aryl methyl sites for hydroxylation is 1. The van der Waals surface area contributed by atoms with Crippen LogP contribution in [0.2, 0.25) is 0 Å². The Balaban J connectivity index is 1.76. The van der Waals surface area contributed by atoms with E-state index in [2.05, 4.69) is 14.7 Å². The summed E-state index contributed by atoms with van der Waals surface area (Å²) in [7, 11) is 1.72. The monoisotopic (exact) mass is 213 g/mol. The lowest BCUT2D eigenvalue weighted by Crippen LogP contribution is -2.00. The summed E-state index contributed by atoms with van der Waals surface area (Å²) in [5.41, 5.74) is 0. The Hall–Kier alpha value is -0.680. The van der Waals surface area contributed by atoms with E-state index in [0.717, 1.165) is 30.4 Å². The standard InChI is InChI=1S/C9H15N3OS/c1-13-6-2-3-8-11-9(14-12-8)10-7-4-5-7/h7H,2-6H2,1H3,(H,10,11,12). The summed E-state index contributed by atoms with van der Waals surface area (Å²) in [5.74, 6) is 0.940. The first-order valence-corrected chi connectivity index (χ1v) is 5.74. The van der Waals surface area contributed by atoms with Crippen molar-refractivity contribution in [3.05, 3.63) is 5.82 Å². The molecule has 0 amide bonds. The third-order valence-corrected chi connectivity index (χ3v) is 2.81. The zero-order valence-electron chi connectivity index (χ0n) is 8.32. The lowest BCUT2D eigenvalue weighted by atomic mass is 10.3. The molecule has 0 aliphatic heterocycles. The molecule has 1 N–H and O–H groups in total. The summed E-state index contributed by atoms with van der Waals surface area (Å²) in [4.78, 5) is 4.40. The van der Waals surface area contributed by atoms with E-state index >= 15 is 0 Å². The number of methoxy groups -OCH3 is 1. The second-order valence-electron chi connectivity index (χ2n) is 3.53. The summed E-state index contributed by atoms with van der Waals surface area (Å²) < 4.78 is 9.26. The van der Waals surface area contributed by atoms with E-state index in [4.69, 9.17) is 4.74 Å². The number of anilines is 1. The van der Waals surface area contributed by atoms with Gasteiger partial charge in [0.1, 0.15) is 5.82 Å². The first kappa shape index (κ1) is 9.86. The van der Waals surface area contributed by atoms with Crippen LogP contribution < -0.4 is 5.32 Å². The third-order valence-electron chi connectivity index (χ3n) is 2.12. The SMILES string of the molecule is COCCCc1nsc(NC2CC2)n1. The summed E-state index contributed by atoms with van der Waals surface area (Å²) in [6.45, 7) is 0.782. The molecule has 5 heteroatoms. The van der Waals surface area contributed by atoms with Crippen LogP contribution in [0, 0.1) is 0 Å². The highest BCUT2D eigenvalue weighted by Crippen LogP contribution is 2.25. The number of aromatic nitrogens is 2. The fourth-order valence-corrected chi connectivity index (χ4v) is 1.88. The molecule has 0 atom stereocenters. The van der Waals surface area contributed by atoms with E-state index in [1.54, 1.807) is 7.11 Å². The van der Waals surface area contributed by atoms with Crippen LogP contribution in [0.25, 0.3) is 0 Å². The van der Waals surface area contributed by atoms with Crippen molar-refractivity contribution < 1.29 is 4.74 Å². The molecule has 14 heavy (non-hydrogen) atoms. The molecule has 1 aliphatic rings. The van der Waals surface area contributed by atoms with Crippen LogP contribution in [0.15, 0.2) is 0 Å². The molecule has 1 saturated carbocycles. The summed E-state index contributed by atoms with van der Waals surface area (Å²) >= 11 is 1.46. The van der Waals surface area contributed by atoms with Gasteiger partial charge in [0, 0.05) is 37.7 Å². The van der Waals surface area contributed by atoms with Crippen molar-refractivity contribution in [3.63, 3.8) is 0 Å². The average molecular weight is 213 g/mol. The van der Waals surface area contributed by atoms with Gasteiger partial charge in [-0.1, -0.05) is 0 Å². The van der Waals surface area contributed by atoms with Gasteiger partial charge < -0.3 is 10.1 Å². The van der Waals surface area contributed by atoms with Crippen molar-refractivity contribution >= 4 is 16.7 Å². The van der Waals surface area contributed by atoms with Crippen molar-refractivity contribution in [1.82, 2.24) is 9.36 Å². The highest BCUT2D eigenvalue weighted by Gasteiger charge is 2.22. The van der Waals surface area contributed by atoms with Gasteiger partial charge in [-0.05, 0) is 19.3 Å². The molecule has 0 radical (unpaired) electrons. The average Bonchev–Trinajstić information content (AvgIpc) is 2.87. The molecule has 0 unspecified atom stereocenters. The van der Waals surface area contributed by atoms with Gasteiger partial charge in [0.25, 0.3) is 0 Å². The largest absolute Gasteiger partial charge is 0.385 e. The first-order valence-electron chi connectivity index (χ1n) is 4.96. The number of hydrogen-bond acceptors (Lipinski definition) is 5. The molecule has 78 valence electrons. The maximum atomic E-state index is 4.98. The lowest BCUT2D eigenvalue weighted by molar-refractivity contribution is 0.194. The van der Waals surface area contributed by atoms with Crippen molar-refractivity contribution in [2.24, 2.45) is 0 Å². The Morgan fingerprint density at radius 1 is 1.57 bits per heavy atom. The van der Waals surface area contributed by atoms with E-state index in [-0.39, 0.29) is 0 Å². The second-order valence-corrected chi connectivity index (χ2v) is 4.28. The highest BCUT2D eigenvalue weighted by molar-refractivity contribution is 7.09. The number of rotatable bonds is 6. The Bertz CT molecular complexity index is 285. The predicted octanol–water partition coefficient (Wildman–Crippen LogP) is 1.69. The fraction of sp³-hybridized carbons (Fsp3) is 0.778. The second kappa shape index (κ2) is 4.70. The molecule has 0 spiro atoms. The maximum absolute atomic E-state index is 4.98. The normalized spacial score (nSPS) is 15.8. The van der Waals surface area contributed by atoms with Crippen molar-refractivity contribution in [2.75, 3.05) is 19.0 Å². The molecular formula is C9H15N3OS. The maximum Gasteiger partial charge on any atom is 0.202 e. The van der Waals surface area contributed by atoms with Gasteiger partial charge in [0.15, 0.2) is 0 Å². The van der Waals surface area contributed by atoms with Crippen LogP contribution in [-0.4, -0.2) is 29.1 Å². The van der Waals surface area contributed by atoms with Crippen molar-refractivity contribution in [1.29, 1.82) is 0 Å². The topological polar surface area (TPSA) is 47.0 Å². The molecule has 0 bridgehead atoms. The predicted molar refractivity (Wildman–Crippen MR) is 56.8 cm³/mol. The van der Waals surface area contributed by atoms with Crippen LogP contribution in [0.4, 0.5) is 5.13 Å². The van der Waals surface area contributed by atoms with Gasteiger partial charge >= 0.3 is 0 Å². The Labute approximate surface area is 87.9 Å².